The Balaban J connectivity index is 2.97. The third-order valence-corrected chi connectivity index (χ3v) is 2.06. The van der Waals surface area contributed by atoms with Gasteiger partial charge in [0.25, 0.3) is 0 Å². The highest BCUT2D eigenvalue weighted by molar-refractivity contribution is 5.24. The minimum Gasteiger partial charge on any atom is -0.394 e. The molecule has 13 heavy (non-hydrogen) atoms. The van der Waals surface area contributed by atoms with E-state index in [1.807, 2.05) is 36.5 Å². The van der Waals surface area contributed by atoms with Gasteiger partial charge in [0, 0.05) is 0 Å². The number of hydrogen-bond acceptors (Lipinski definition) is 3. The smallest absolute Gasteiger partial charge is 0.177 e. The molecule has 0 bridgehead atoms. The molecule has 1 rings (SSSR count). The lowest BCUT2D eigenvalue weighted by molar-refractivity contribution is 0.191. The van der Waals surface area contributed by atoms with E-state index in [9.17, 15) is 0 Å². The van der Waals surface area contributed by atoms with Gasteiger partial charge in [-0.2, -0.15) is 5.26 Å². The Morgan fingerprint density at radius 1 is 1.46 bits per heavy atom. The molecular formula is C10H12N2O. The van der Waals surface area contributed by atoms with Gasteiger partial charge < -0.3 is 10.4 Å². The van der Waals surface area contributed by atoms with Crippen molar-refractivity contribution in [1.82, 2.24) is 5.32 Å². The van der Waals surface area contributed by atoms with Gasteiger partial charge in [0.2, 0.25) is 0 Å². The van der Waals surface area contributed by atoms with Crippen molar-refractivity contribution in [3.63, 3.8) is 0 Å². The zero-order valence-corrected chi connectivity index (χ0v) is 7.49. The molecule has 0 aromatic heterocycles. The molecule has 0 heterocycles. The summed E-state index contributed by atoms with van der Waals surface area (Å²) in [5, 5.41) is 20.3. The summed E-state index contributed by atoms with van der Waals surface area (Å²) in [6, 6.07) is 9.40. The first-order valence-corrected chi connectivity index (χ1v) is 4.05. The maximum atomic E-state index is 9.16. The Bertz CT molecular complexity index is 304. The van der Waals surface area contributed by atoms with Gasteiger partial charge in [-0.3, -0.25) is 0 Å². The van der Waals surface area contributed by atoms with Crippen LogP contribution in [0.1, 0.15) is 12.5 Å². The number of rotatable bonds is 3. The van der Waals surface area contributed by atoms with E-state index >= 15 is 0 Å². The molecule has 1 unspecified atom stereocenters. The van der Waals surface area contributed by atoms with Crippen LogP contribution in [0.4, 0.5) is 0 Å². The lowest BCUT2D eigenvalue weighted by Gasteiger charge is -2.25. The van der Waals surface area contributed by atoms with E-state index in [1.165, 1.54) is 0 Å². The van der Waals surface area contributed by atoms with E-state index in [0.29, 0.717) is 0 Å². The SMILES string of the molecule is CC(CO)(NC#N)c1ccccc1. The summed E-state index contributed by atoms with van der Waals surface area (Å²) in [5.41, 5.74) is 0.231. The molecule has 1 aromatic carbocycles. The average molecular weight is 176 g/mol. The minimum atomic E-state index is -0.671. The molecule has 0 fully saturated rings. The van der Waals surface area contributed by atoms with Crippen molar-refractivity contribution in [2.75, 3.05) is 6.61 Å². The molecule has 68 valence electrons. The van der Waals surface area contributed by atoms with Crippen LogP contribution >= 0.6 is 0 Å². The van der Waals surface area contributed by atoms with Crippen molar-refractivity contribution in [2.24, 2.45) is 0 Å². The molecule has 0 radical (unpaired) electrons. The molecule has 0 spiro atoms. The molecule has 3 nitrogen and oxygen atoms in total. The number of hydrogen-bond donors (Lipinski definition) is 2. The number of aliphatic hydroxyl groups is 1. The first-order chi connectivity index (χ1) is 6.23. The Kier molecular flexibility index (Phi) is 2.88. The van der Waals surface area contributed by atoms with Gasteiger partial charge in [0.15, 0.2) is 6.19 Å². The van der Waals surface area contributed by atoms with E-state index in [1.54, 1.807) is 6.92 Å². The standard InChI is InChI=1S/C10H12N2O/c1-10(7-13,12-8-11)9-5-3-2-4-6-9/h2-6,12-13H,7H2,1H3. The lowest BCUT2D eigenvalue weighted by Crippen LogP contribution is -2.39. The van der Waals surface area contributed by atoms with Crippen molar-refractivity contribution < 1.29 is 5.11 Å². The second-order valence-electron chi connectivity index (χ2n) is 3.09. The van der Waals surface area contributed by atoms with Crippen molar-refractivity contribution >= 4 is 0 Å². The van der Waals surface area contributed by atoms with E-state index in [2.05, 4.69) is 5.32 Å². The zero-order valence-electron chi connectivity index (χ0n) is 7.49. The maximum Gasteiger partial charge on any atom is 0.177 e. The number of nitrogens with zero attached hydrogens (tertiary/aromatic N) is 1. The first kappa shape index (κ1) is 9.56. The highest BCUT2D eigenvalue weighted by Gasteiger charge is 2.24. The number of nitriles is 1. The summed E-state index contributed by atoms with van der Waals surface area (Å²) < 4.78 is 0. The van der Waals surface area contributed by atoms with Gasteiger partial charge in [-0.25, -0.2) is 0 Å². The van der Waals surface area contributed by atoms with Gasteiger partial charge >= 0.3 is 0 Å². The molecule has 0 saturated carbocycles. The molecule has 3 heteroatoms. The summed E-state index contributed by atoms with van der Waals surface area (Å²) >= 11 is 0. The first-order valence-electron chi connectivity index (χ1n) is 4.05. The van der Waals surface area contributed by atoms with Crippen LogP contribution in [-0.2, 0) is 5.54 Å². The average Bonchev–Trinajstić information content (AvgIpc) is 2.19. The van der Waals surface area contributed by atoms with Crippen LogP contribution in [0.5, 0.6) is 0 Å². The zero-order chi connectivity index (χ0) is 9.73. The number of benzene rings is 1. The van der Waals surface area contributed by atoms with Crippen LogP contribution in [0.2, 0.25) is 0 Å². The Hall–Kier alpha value is -1.53. The van der Waals surface area contributed by atoms with Crippen LogP contribution in [-0.4, -0.2) is 11.7 Å². The van der Waals surface area contributed by atoms with Crippen molar-refractivity contribution in [3.8, 4) is 6.19 Å². The Labute approximate surface area is 77.6 Å². The summed E-state index contributed by atoms with van der Waals surface area (Å²) in [5.74, 6) is 0. The molecular weight excluding hydrogens is 164 g/mol. The number of nitrogens with one attached hydrogen (secondary N) is 1. The molecule has 1 atom stereocenters. The second kappa shape index (κ2) is 3.92. The topological polar surface area (TPSA) is 56.0 Å². The quantitative estimate of drug-likeness (QED) is 0.533. The van der Waals surface area contributed by atoms with Crippen LogP contribution in [0.15, 0.2) is 30.3 Å². The second-order valence-corrected chi connectivity index (χ2v) is 3.09. The van der Waals surface area contributed by atoms with Crippen molar-refractivity contribution in [1.29, 1.82) is 5.26 Å². The molecule has 0 amide bonds. The summed E-state index contributed by atoms with van der Waals surface area (Å²) in [7, 11) is 0. The molecule has 2 N–H and O–H groups in total. The van der Waals surface area contributed by atoms with Gasteiger partial charge in [-0.15, -0.1) is 0 Å². The van der Waals surface area contributed by atoms with Crippen LogP contribution in [0.3, 0.4) is 0 Å². The number of aliphatic hydroxyl groups excluding tert-OH is 1. The van der Waals surface area contributed by atoms with E-state index in [0.717, 1.165) is 5.56 Å². The molecule has 0 aliphatic heterocycles. The molecule has 1 aromatic rings. The molecule has 0 aliphatic carbocycles. The Morgan fingerprint density at radius 2 is 2.08 bits per heavy atom. The monoisotopic (exact) mass is 176 g/mol. The van der Waals surface area contributed by atoms with Crippen LogP contribution in [0, 0.1) is 11.5 Å². The van der Waals surface area contributed by atoms with Crippen molar-refractivity contribution in [2.45, 2.75) is 12.5 Å². The third kappa shape index (κ3) is 1.98. The van der Waals surface area contributed by atoms with Gasteiger partial charge in [0.05, 0.1) is 12.1 Å². The van der Waals surface area contributed by atoms with E-state index in [-0.39, 0.29) is 6.61 Å². The minimum absolute atomic E-state index is 0.107. The van der Waals surface area contributed by atoms with Gasteiger partial charge in [0.1, 0.15) is 0 Å². The largest absolute Gasteiger partial charge is 0.394 e. The van der Waals surface area contributed by atoms with Crippen LogP contribution in [0.25, 0.3) is 0 Å². The fraction of sp³-hybridized carbons (Fsp3) is 0.300. The van der Waals surface area contributed by atoms with E-state index in [4.69, 9.17) is 10.4 Å². The fourth-order valence-corrected chi connectivity index (χ4v) is 1.13. The van der Waals surface area contributed by atoms with Gasteiger partial charge in [-0.05, 0) is 12.5 Å². The van der Waals surface area contributed by atoms with Crippen LogP contribution < -0.4 is 5.32 Å². The predicted octanol–water partition coefficient (Wildman–Crippen LogP) is 0.965. The third-order valence-electron chi connectivity index (χ3n) is 2.06. The highest BCUT2D eigenvalue weighted by atomic mass is 16.3. The Morgan fingerprint density at radius 3 is 2.54 bits per heavy atom. The summed E-state index contributed by atoms with van der Waals surface area (Å²) in [4.78, 5) is 0. The highest BCUT2D eigenvalue weighted by Crippen LogP contribution is 2.18. The maximum absolute atomic E-state index is 9.16. The summed E-state index contributed by atoms with van der Waals surface area (Å²) in [6.07, 6.45) is 1.85. The molecule has 0 aliphatic rings. The fourth-order valence-electron chi connectivity index (χ4n) is 1.13. The molecule has 0 saturated heterocycles. The lowest BCUT2D eigenvalue weighted by atomic mass is 9.93. The normalized spacial score (nSPS) is 14.2. The van der Waals surface area contributed by atoms with Gasteiger partial charge in [-0.1, -0.05) is 30.3 Å². The summed E-state index contributed by atoms with van der Waals surface area (Å²) in [6.45, 7) is 1.68. The predicted molar refractivity (Wildman–Crippen MR) is 49.6 cm³/mol. The van der Waals surface area contributed by atoms with E-state index < -0.39 is 5.54 Å². The van der Waals surface area contributed by atoms with Crippen molar-refractivity contribution in [3.05, 3.63) is 35.9 Å².